The van der Waals surface area contributed by atoms with Gasteiger partial charge in [-0.05, 0) is 68.7 Å². The van der Waals surface area contributed by atoms with Crippen LogP contribution in [0.3, 0.4) is 0 Å². The SMILES string of the molecule is CCCn1c(C)cc(/C=C(/C#N)C(=O)N2CCCN(c3ccc(OC)cc3)CC2)c1C. The van der Waals surface area contributed by atoms with Crippen LogP contribution in [0.15, 0.2) is 35.9 Å². The fourth-order valence-electron chi connectivity index (χ4n) is 4.18. The minimum Gasteiger partial charge on any atom is -0.497 e. The van der Waals surface area contributed by atoms with Gasteiger partial charge in [-0.2, -0.15) is 5.26 Å². The van der Waals surface area contributed by atoms with Gasteiger partial charge >= 0.3 is 0 Å². The quantitative estimate of drug-likeness (QED) is 0.520. The van der Waals surface area contributed by atoms with E-state index >= 15 is 0 Å². The lowest BCUT2D eigenvalue weighted by molar-refractivity contribution is -0.126. The van der Waals surface area contributed by atoms with Gasteiger partial charge in [0.25, 0.3) is 5.91 Å². The average Bonchev–Trinajstić information content (AvgIpc) is 2.95. The van der Waals surface area contributed by atoms with Crippen molar-refractivity contribution in [2.75, 3.05) is 38.2 Å². The first-order valence-corrected chi connectivity index (χ1v) is 10.9. The van der Waals surface area contributed by atoms with E-state index in [2.05, 4.69) is 35.5 Å². The maximum Gasteiger partial charge on any atom is 0.264 e. The van der Waals surface area contributed by atoms with Gasteiger partial charge in [0.1, 0.15) is 17.4 Å². The Morgan fingerprint density at radius 3 is 2.55 bits per heavy atom. The van der Waals surface area contributed by atoms with Crippen molar-refractivity contribution in [2.24, 2.45) is 0 Å². The highest BCUT2D eigenvalue weighted by Gasteiger charge is 2.23. The lowest BCUT2D eigenvalue weighted by Crippen LogP contribution is -2.35. The molecule has 2 heterocycles. The first-order chi connectivity index (χ1) is 15.0. The molecule has 1 amide bonds. The van der Waals surface area contributed by atoms with Crippen molar-refractivity contribution < 1.29 is 9.53 Å². The number of aryl methyl sites for hydroxylation is 1. The van der Waals surface area contributed by atoms with Crippen molar-refractivity contribution in [3.63, 3.8) is 0 Å². The second kappa shape index (κ2) is 10.2. The van der Waals surface area contributed by atoms with E-state index in [1.165, 1.54) is 0 Å². The average molecular weight is 421 g/mol. The minimum absolute atomic E-state index is 0.181. The summed E-state index contributed by atoms with van der Waals surface area (Å²) in [5.74, 6) is 0.650. The Hall–Kier alpha value is -3.20. The molecule has 0 N–H and O–H groups in total. The molecule has 3 rings (SSSR count). The molecule has 0 atom stereocenters. The Morgan fingerprint density at radius 2 is 1.90 bits per heavy atom. The summed E-state index contributed by atoms with van der Waals surface area (Å²) in [5, 5.41) is 9.71. The molecule has 0 bridgehead atoms. The van der Waals surface area contributed by atoms with Crippen LogP contribution >= 0.6 is 0 Å². The first kappa shape index (κ1) is 22.5. The number of methoxy groups -OCH3 is 1. The number of ether oxygens (including phenoxy) is 1. The van der Waals surface area contributed by atoms with E-state index in [1.54, 1.807) is 13.2 Å². The number of aromatic nitrogens is 1. The maximum absolute atomic E-state index is 13.1. The van der Waals surface area contributed by atoms with Gasteiger partial charge in [0, 0.05) is 49.8 Å². The van der Waals surface area contributed by atoms with Crippen LogP contribution in [0.5, 0.6) is 5.75 Å². The fraction of sp³-hybridized carbons (Fsp3) is 0.440. The Bertz CT molecular complexity index is 982. The van der Waals surface area contributed by atoms with Gasteiger partial charge in [0.15, 0.2) is 0 Å². The third-order valence-corrected chi connectivity index (χ3v) is 5.93. The van der Waals surface area contributed by atoms with Crippen molar-refractivity contribution in [1.29, 1.82) is 5.26 Å². The third-order valence-electron chi connectivity index (χ3n) is 5.93. The maximum atomic E-state index is 13.1. The second-order valence-corrected chi connectivity index (χ2v) is 7.98. The Morgan fingerprint density at radius 1 is 1.16 bits per heavy atom. The van der Waals surface area contributed by atoms with E-state index < -0.39 is 0 Å². The van der Waals surface area contributed by atoms with Crippen LogP contribution in [-0.4, -0.2) is 48.7 Å². The zero-order chi connectivity index (χ0) is 22.4. The molecule has 6 heteroatoms. The predicted molar refractivity (Wildman–Crippen MR) is 124 cm³/mol. The van der Waals surface area contributed by atoms with E-state index in [0.717, 1.165) is 60.9 Å². The van der Waals surface area contributed by atoms with Crippen molar-refractivity contribution in [3.8, 4) is 11.8 Å². The normalized spacial score (nSPS) is 14.9. The number of nitrogens with zero attached hydrogens (tertiary/aromatic N) is 4. The molecule has 31 heavy (non-hydrogen) atoms. The number of nitriles is 1. The van der Waals surface area contributed by atoms with Crippen molar-refractivity contribution in [2.45, 2.75) is 40.2 Å². The molecule has 1 saturated heterocycles. The molecule has 0 unspecified atom stereocenters. The molecule has 1 aliphatic heterocycles. The first-order valence-electron chi connectivity index (χ1n) is 10.9. The minimum atomic E-state index is -0.181. The van der Waals surface area contributed by atoms with Crippen LogP contribution in [0.1, 0.15) is 36.7 Å². The summed E-state index contributed by atoms with van der Waals surface area (Å²) in [6.07, 6.45) is 3.66. The summed E-state index contributed by atoms with van der Waals surface area (Å²) in [4.78, 5) is 17.2. The molecule has 6 nitrogen and oxygen atoms in total. The van der Waals surface area contributed by atoms with Gasteiger partial charge in [0.05, 0.1) is 7.11 Å². The fourth-order valence-corrected chi connectivity index (χ4v) is 4.18. The number of amides is 1. The molecule has 1 aromatic heterocycles. The molecule has 1 fully saturated rings. The van der Waals surface area contributed by atoms with Gasteiger partial charge in [0.2, 0.25) is 0 Å². The summed E-state index contributed by atoms with van der Waals surface area (Å²) in [6.45, 7) is 10.1. The monoisotopic (exact) mass is 420 g/mol. The van der Waals surface area contributed by atoms with Crippen molar-refractivity contribution in [3.05, 3.63) is 52.9 Å². The van der Waals surface area contributed by atoms with Gasteiger partial charge in [-0.15, -0.1) is 0 Å². The molecule has 0 saturated carbocycles. The smallest absolute Gasteiger partial charge is 0.264 e. The number of hydrogen-bond acceptors (Lipinski definition) is 4. The molecule has 0 aliphatic carbocycles. The molecule has 1 aliphatic rings. The highest BCUT2D eigenvalue weighted by atomic mass is 16.5. The van der Waals surface area contributed by atoms with Crippen LogP contribution in [-0.2, 0) is 11.3 Å². The lowest BCUT2D eigenvalue weighted by Gasteiger charge is -2.23. The summed E-state index contributed by atoms with van der Waals surface area (Å²) >= 11 is 0. The summed E-state index contributed by atoms with van der Waals surface area (Å²) in [7, 11) is 1.66. The highest BCUT2D eigenvalue weighted by molar-refractivity contribution is 6.01. The number of carbonyl (C=O) groups is 1. The van der Waals surface area contributed by atoms with Crippen LogP contribution < -0.4 is 9.64 Å². The molecule has 164 valence electrons. The van der Waals surface area contributed by atoms with Gasteiger partial charge in [-0.1, -0.05) is 6.92 Å². The number of hydrogen-bond donors (Lipinski definition) is 0. The number of anilines is 1. The van der Waals surface area contributed by atoms with Gasteiger partial charge in [-0.3, -0.25) is 4.79 Å². The van der Waals surface area contributed by atoms with Gasteiger partial charge < -0.3 is 19.1 Å². The topological polar surface area (TPSA) is 61.5 Å². The molecular formula is C25H32N4O2. The number of benzene rings is 1. The third kappa shape index (κ3) is 5.11. The summed E-state index contributed by atoms with van der Waals surface area (Å²) in [5.41, 5.74) is 4.52. The van der Waals surface area contributed by atoms with E-state index in [9.17, 15) is 10.1 Å². The Kier molecular flexibility index (Phi) is 7.41. The van der Waals surface area contributed by atoms with Crippen LogP contribution in [0.4, 0.5) is 5.69 Å². The number of rotatable bonds is 6. The molecule has 0 radical (unpaired) electrons. The van der Waals surface area contributed by atoms with Crippen molar-refractivity contribution >= 4 is 17.7 Å². The number of carbonyl (C=O) groups excluding carboxylic acids is 1. The largest absolute Gasteiger partial charge is 0.497 e. The summed E-state index contributed by atoms with van der Waals surface area (Å²) in [6, 6.07) is 12.2. The molecule has 0 spiro atoms. The zero-order valence-electron chi connectivity index (χ0n) is 19.0. The van der Waals surface area contributed by atoms with E-state index in [1.807, 2.05) is 36.1 Å². The van der Waals surface area contributed by atoms with E-state index in [0.29, 0.717) is 13.1 Å². The molecule has 1 aromatic carbocycles. The Balaban J connectivity index is 1.73. The van der Waals surface area contributed by atoms with E-state index in [-0.39, 0.29) is 11.5 Å². The van der Waals surface area contributed by atoms with Crippen LogP contribution in [0.25, 0.3) is 6.08 Å². The zero-order valence-corrected chi connectivity index (χ0v) is 19.0. The lowest BCUT2D eigenvalue weighted by atomic mass is 10.1. The molecule has 2 aromatic rings. The van der Waals surface area contributed by atoms with Crippen LogP contribution in [0, 0.1) is 25.2 Å². The standard InChI is InChI=1S/C25H32N4O2/c1-5-11-29-19(2)16-21(20(29)3)17-22(18-26)25(30)28-13-6-12-27(14-15-28)23-7-9-24(31-4)10-8-23/h7-10,16-17H,5-6,11-15H2,1-4H3/b22-17-. The summed E-state index contributed by atoms with van der Waals surface area (Å²) < 4.78 is 7.48. The van der Waals surface area contributed by atoms with Crippen molar-refractivity contribution in [1.82, 2.24) is 9.47 Å². The van der Waals surface area contributed by atoms with E-state index in [4.69, 9.17) is 4.74 Å². The predicted octanol–water partition coefficient (Wildman–Crippen LogP) is 4.17. The Labute approximate surface area is 185 Å². The second-order valence-electron chi connectivity index (χ2n) is 7.98. The highest BCUT2D eigenvalue weighted by Crippen LogP contribution is 2.22. The van der Waals surface area contributed by atoms with Gasteiger partial charge in [-0.25, -0.2) is 0 Å². The van der Waals surface area contributed by atoms with Crippen LogP contribution in [0.2, 0.25) is 0 Å². The molecular weight excluding hydrogens is 388 g/mol.